The number of nitrogens with two attached hydrogens (primary N) is 2. The third kappa shape index (κ3) is 2.41. The third-order valence-electron chi connectivity index (χ3n) is 1.62. The molecule has 5 nitrogen and oxygen atoms in total. The monoisotopic (exact) mass is 181 g/mol. The van der Waals surface area contributed by atoms with Gasteiger partial charge >= 0.3 is 0 Å². The summed E-state index contributed by atoms with van der Waals surface area (Å²) in [5, 5.41) is 0. The van der Waals surface area contributed by atoms with Crippen LogP contribution in [0.4, 0.5) is 0 Å². The van der Waals surface area contributed by atoms with E-state index >= 15 is 0 Å². The van der Waals surface area contributed by atoms with Crippen LogP contribution < -0.4 is 17.0 Å². The highest BCUT2D eigenvalue weighted by molar-refractivity contribution is 5.73. The summed E-state index contributed by atoms with van der Waals surface area (Å²) in [6, 6.07) is 3.08. The van der Waals surface area contributed by atoms with Gasteiger partial charge in [0.1, 0.15) is 6.54 Å². The molecule has 0 saturated heterocycles. The molecule has 0 aromatic carbocycles. The van der Waals surface area contributed by atoms with E-state index in [1.807, 2.05) is 0 Å². The Balaban J connectivity index is 2.99. The smallest absolute Gasteiger partial charge is 0.251 e. The van der Waals surface area contributed by atoms with E-state index < -0.39 is 5.91 Å². The van der Waals surface area contributed by atoms with E-state index in [1.165, 1.54) is 16.8 Å². The van der Waals surface area contributed by atoms with Crippen molar-refractivity contribution in [2.24, 2.45) is 11.5 Å². The molecular weight excluding hydrogens is 170 g/mol. The second kappa shape index (κ2) is 3.86. The Labute approximate surface area is 75.0 Å². The lowest BCUT2D eigenvalue weighted by Crippen LogP contribution is -2.27. The average molecular weight is 181 g/mol. The van der Waals surface area contributed by atoms with E-state index in [4.69, 9.17) is 11.5 Å². The maximum absolute atomic E-state index is 11.2. The summed E-state index contributed by atoms with van der Waals surface area (Å²) in [5.74, 6) is -0.539. The first kappa shape index (κ1) is 9.47. The topological polar surface area (TPSA) is 91.1 Å². The molecule has 1 aromatic rings. The predicted octanol–water partition coefficient (Wildman–Crippen LogP) is -1.21. The standard InChI is InChI=1S/C8H11N3O2/c9-4-6-1-2-11(5-7(10)12)8(13)3-6/h1-3H,4-5,9H2,(H2,10,12). The number of aromatic nitrogens is 1. The first-order valence-electron chi connectivity index (χ1n) is 3.81. The predicted molar refractivity (Wildman–Crippen MR) is 47.8 cm³/mol. The number of rotatable bonds is 3. The molecule has 0 radical (unpaired) electrons. The van der Waals surface area contributed by atoms with Crippen molar-refractivity contribution in [3.8, 4) is 0 Å². The molecule has 0 unspecified atom stereocenters. The quantitative estimate of drug-likeness (QED) is 0.613. The molecule has 4 N–H and O–H groups in total. The number of pyridine rings is 1. The van der Waals surface area contributed by atoms with Gasteiger partial charge in [-0.3, -0.25) is 9.59 Å². The Bertz CT molecular complexity index is 370. The van der Waals surface area contributed by atoms with Gasteiger partial charge in [0.2, 0.25) is 5.91 Å². The zero-order valence-corrected chi connectivity index (χ0v) is 7.06. The van der Waals surface area contributed by atoms with Crippen molar-refractivity contribution in [3.63, 3.8) is 0 Å². The van der Waals surface area contributed by atoms with Crippen LogP contribution in [0, 0.1) is 0 Å². The first-order chi connectivity index (χ1) is 6.13. The summed E-state index contributed by atoms with van der Waals surface area (Å²) in [5.41, 5.74) is 10.7. The Hall–Kier alpha value is -1.62. The highest BCUT2D eigenvalue weighted by Gasteiger charge is 1.99. The van der Waals surface area contributed by atoms with Crippen LogP contribution in [0.1, 0.15) is 5.56 Å². The van der Waals surface area contributed by atoms with E-state index in [0.717, 1.165) is 5.56 Å². The number of hydrogen-bond acceptors (Lipinski definition) is 3. The molecule has 70 valence electrons. The number of hydrogen-bond donors (Lipinski definition) is 2. The maximum Gasteiger partial charge on any atom is 0.251 e. The van der Waals surface area contributed by atoms with E-state index in [2.05, 4.69) is 0 Å². The lowest BCUT2D eigenvalue weighted by molar-refractivity contribution is -0.118. The molecule has 1 heterocycles. The minimum absolute atomic E-state index is 0.0936. The van der Waals surface area contributed by atoms with Crippen molar-refractivity contribution in [3.05, 3.63) is 34.2 Å². The van der Waals surface area contributed by atoms with Gasteiger partial charge in [-0.1, -0.05) is 0 Å². The first-order valence-corrected chi connectivity index (χ1v) is 3.81. The molecule has 1 aromatic heterocycles. The normalized spacial score (nSPS) is 9.92. The van der Waals surface area contributed by atoms with E-state index in [9.17, 15) is 9.59 Å². The van der Waals surface area contributed by atoms with Gasteiger partial charge < -0.3 is 16.0 Å². The highest BCUT2D eigenvalue weighted by Crippen LogP contribution is 1.91. The number of amides is 1. The number of carbonyl (C=O) groups is 1. The zero-order chi connectivity index (χ0) is 9.84. The SMILES string of the molecule is NCc1ccn(CC(N)=O)c(=O)c1. The molecule has 0 aliphatic carbocycles. The molecule has 5 heteroatoms. The lowest BCUT2D eigenvalue weighted by atomic mass is 10.3. The van der Waals surface area contributed by atoms with Crippen molar-refractivity contribution in [2.75, 3.05) is 0 Å². The van der Waals surface area contributed by atoms with Crippen molar-refractivity contribution in [1.82, 2.24) is 4.57 Å². The van der Waals surface area contributed by atoms with Gasteiger partial charge in [0.25, 0.3) is 5.56 Å². The van der Waals surface area contributed by atoms with Crippen molar-refractivity contribution < 1.29 is 4.79 Å². The minimum Gasteiger partial charge on any atom is -0.368 e. The van der Waals surface area contributed by atoms with Crippen LogP contribution in [0.2, 0.25) is 0 Å². The van der Waals surface area contributed by atoms with Crippen LogP contribution in [-0.4, -0.2) is 10.5 Å². The number of carbonyl (C=O) groups excluding carboxylic acids is 1. The number of primary amides is 1. The van der Waals surface area contributed by atoms with Crippen LogP contribution in [0.3, 0.4) is 0 Å². The van der Waals surface area contributed by atoms with Crippen LogP contribution in [0.5, 0.6) is 0 Å². The van der Waals surface area contributed by atoms with Gasteiger partial charge in [-0.15, -0.1) is 0 Å². The van der Waals surface area contributed by atoms with Crippen LogP contribution in [-0.2, 0) is 17.9 Å². The van der Waals surface area contributed by atoms with Gasteiger partial charge in [0, 0.05) is 18.8 Å². The molecule has 0 saturated carbocycles. The molecule has 13 heavy (non-hydrogen) atoms. The molecule has 0 aliphatic rings. The Morgan fingerprint density at radius 3 is 2.69 bits per heavy atom. The summed E-state index contributed by atoms with van der Waals surface area (Å²) >= 11 is 0. The van der Waals surface area contributed by atoms with Crippen molar-refractivity contribution in [1.29, 1.82) is 0 Å². The van der Waals surface area contributed by atoms with Crippen LogP contribution >= 0.6 is 0 Å². The molecule has 0 spiro atoms. The van der Waals surface area contributed by atoms with Crippen molar-refractivity contribution >= 4 is 5.91 Å². The molecule has 0 aliphatic heterocycles. The van der Waals surface area contributed by atoms with E-state index in [-0.39, 0.29) is 12.1 Å². The second-order valence-electron chi connectivity index (χ2n) is 2.67. The van der Waals surface area contributed by atoms with Crippen molar-refractivity contribution in [2.45, 2.75) is 13.1 Å². The van der Waals surface area contributed by atoms with Crippen LogP contribution in [0.25, 0.3) is 0 Å². The summed E-state index contributed by atoms with van der Waals surface area (Å²) in [6.07, 6.45) is 1.51. The molecule has 1 amide bonds. The molecule has 0 atom stereocenters. The Morgan fingerprint density at radius 1 is 1.54 bits per heavy atom. The molecule has 0 bridgehead atoms. The van der Waals surface area contributed by atoms with Gasteiger partial charge in [-0.05, 0) is 11.6 Å². The Morgan fingerprint density at radius 2 is 2.23 bits per heavy atom. The fourth-order valence-electron chi connectivity index (χ4n) is 0.974. The summed E-state index contributed by atoms with van der Waals surface area (Å²) in [7, 11) is 0. The Kier molecular flexibility index (Phi) is 2.81. The van der Waals surface area contributed by atoms with Crippen LogP contribution in [0.15, 0.2) is 23.1 Å². The van der Waals surface area contributed by atoms with Gasteiger partial charge in [-0.25, -0.2) is 0 Å². The van der Waals surface area contributed by atoms with E-state index in [1.54, 1.807) is 6.07 Å². The van der Waals surface area contributed by atoms with Gasteiger partial charge in [0.05, 0.1) is 0 Å². The fraction of sp³-hybridized carbons (Fsp3) is 0.250. The second-order valence-corrected chi connectivity index (χ2v) is 2.67. The summed E-state index contributed by atoms with van der Waals surface area (Å²) < 4.78 is 1.24. The zero-order valence-electron chi connectivity index (χ0n) is 7.06. The fourth-order valence-corrected chi connectivity index (χ4v) is 0.974. The van der Waals surface area contributed by atoms with Gasteiger partial charge in [0.15, 0.2) is 0 Å². The molecular formula is C8H11N3O2. The summed E-state index contributed by atoms with van der Waals surface area (Å²) in [6.45, 7) is 0.219. The lowest BCUT2D eigenvalue weighted by Gasteiger charge is -2.02. The maximum atomic E-state index is 11.2. The molecule has 1 rings (SSSR count). The molecule has 0 fully saturated rings. The summed E-state index contributed by atoms with van der Waals surface area (Å²) in [4.78, 5) is 21.7. The van der Waals surface area contributed by atoms with E-state index in [0.29, 0.717) is 6.54 Å². The minimum atomic E-state index is -0.539. The third-order valence-corrected chi connectivity index (χ3v) is 1.62. The van der Waals surface area contributed by atoms with Gasteiger partial charge in [-0.2, -0.15) is 0 Å². The average Bonchev–Trinajstić information content (AvgIpc) is 2.08. The number of nitrogens with zero attached hydrogens (tertiary/aromatic N) is 1. The largest absolute Gasteiger partial charge is 0.368 e. The highest BCUT2D eigenvalue weighted by atomic mass is 16.2.